The summed E-state index contributed by atoms with van der Waals surface area (Å²) in [6.45, 7) is 12.0. The van der Waals surface area contributed by atoms with Gasteiger partial charge < -0.3 is 33.3 Å². The summed E-state index contributed by atoms with van der Waals surface area (Å²) < 4.78 is 24.3. The van der Waals surface area contributed by atoms with Crippen molar-refractivity contribution < 1.29 is 28.5 Å². The lowest BCUT2D eigenvalue weighted by molar-refractivity contribution is 0.0777. The molecule has 10 heteroatoms. The Morgan fingerprint density at radius 3 is 2.27 bits per heavy atom. The number of ether oxygens (including phenoxy) is 4. The van der Waals surface area contributed by atoms with E-state index in [1.165, 1.54) is 16.7 Å². The minimum Gasteiger partial charge on any atom is -0.493 e. The van der Waals surface area contributed by atoms with Crippen LogP contribution in [0.4, 0.5) is 0 Å². The zero-order valence-corrected chi connectivity index (χ0v) is 31.0. The Kier molecular flexibility index (Phi) is 11.3. The molecule has 0 aliphatic carbocycles. The third-order valence-corrected chi connectivity index (χ3v) is 11.1. The first-order valence-electron chi connectivity index (χ1n) is 18.2. The Balaban J connectivity index is 1.16. The van der Waals surface area contributed by atoms with E-state index in [1.807, 2.05) is 40.7 Å². The predicted octanol–water partition coefficient (Wildman–Crippen LogP) is 6.48. The topological polar surface area (TPSA) is 95.4 Å². The number of methoxy groups -OCH3 is 3. The van der Waals surface area contributed by atoms with Crippen molar-refractivity contribution in [1.29, 1.82) is 0 Å². The Hall–Kier alpha value is -4.41. The molecule has 0 N–H and O–H groups in total. The number of benzene rings is 3. The van der Waals surface area contributed by atoms with Crippen LogP contribution in [0.2, 0.25) is 0 Å². The van der Waals surface area contributed by atoms with E-state index < -0.39 is 0 Å². The first-order chi connectivity index (χ1) is 24.7. The number of Topliss-reactive ketones (excluding diaryl/α,β-unsaturated/α-hetero) is 1. The van der Waals surface area contributed by atoms with Crippen LogP contribution in [-0.4, -0.2) is 98.3 Å². The van der Waals surface area contributed by atoms with Gasteiger partial charge in [0, 0.05) is 43.1 Å². The molecule has 272 valence electrons. The SMILES string of the molecule is CCOCCn1c(C(=O)C2CCN(CCC3(c4ccc(C)c(C)c4)CCN(C(=O)c4cc(OC)c(OC)c(OC)c4)C3)CC2)nc2ccccc21. The van der Waals surface area contributed by atoms with Gasteiger partial charge in [-0.3, -0.25) is 9.59 Å². The number of para-hydroxylation sites is 2. The van der Waals surface area contributed by atoms with Gasteiger partial charge in [0.25, 0.3) is 5.91 Å². The Morgan fingerprint density at radius 1 is 0.882 bits per heavy atom. The molecular weight excluding hydrogens is 644 g/mol. The van der Waals surface area contributed by atoms with Gasteiger partial charge in [0.05, 0.1) is 39.0 Å². The number of aryl methyl sites for hydroxylation is 2. The second-order valence-electron chi connectivity index (χ2n) is 14.0. The second-order valence-corrected chi connectivity index (χ2v) is 14.0. The number of imidazole rings is 1. The van der Waals surface area contributed by atoms with Crippen LogP contribution in [0, 0.1) is 19.8 Å². The van der Waals surface area contributed by atoms with Crippen LogP contribution in [0.3, 0.4) is 0 Å². The number of piperidine rings is 1. The van der Waals surface area contributed by atoms with Crippen LogP contribution in [0.5, 0.6) is 17.2 Å². The highest BCUT2D eigenvalue weighted by molar-refractivity contribution is 5.98. The lowest BCUT2D eigenvalue weighted by Crippen LogP contribution is -2.41. The fraction of sp³-hybridized carbons (Fsp3) is 0.488. The average molecular weight is 697 g/mol. The highest BCUT2D eigenvalue weighted by Gasteiger charge is 2.42. The van der Waals surface area contributed by atoms with Gasteiger partial charge in [-0.1, -0.05) is 30.3 Å². The molecular formula is C41H52N4O6. The maximum Gasteiger partial charge on any atom is 0.254 e. The summed E-state index contributed by atoms with van der Waals surface area (Å²) in [4.78, 5) is 37.2. The number of fused-ring (bicyclic) bond motifs is 1. The van der Waals surface area contributed by atoms with E-state index in [9.17, 15) is 9.59 Å². The highest BCUT2D eigenvalue weighted by Crippen LogP contribution is 2.42. The first-order valence-corrected chi connectivity index (χ1v) is 18.2. The van der Waals surface area contributed by atoms with Crippen LogP contribution in [0.15, 0.2) is 54.6 Å². The molecule has 2 aliphatic rings. The average Bonchev–Trinajstić information content (AvgIpc) is 3.77. The number of aromatic nitrogens is 2. The lowest BCUT2D eigenvalue weighted by Gasteiger charge is -2.36. The van der Waals surface area contributed by atoms with Gasteiger partial charge in [0.2, 0.25) is 11.5 Å². The molecule has 2 aliphatic heterocycles. The highest BCUT2D eigenvalue weighted by atomic mass is 16.5. The number of likely N-dealkylation sites (tertiary alicyclic amines) is 2. The summed E-state index contributed by atoms with van der Waals surface area (Å²) in [6, 6.07) is 18.2. The zero-order valence-electron chi connectivity index (χ0n) is 31.0. The summed E-state index contributed by atoms with van der Waals surface area (Å²) in [5, 5.41) is 0. The van der Waals surface area contributed by atoms with Gasteiger partial charge >= 0.3 is 0 Å². The largest absolute Gasteiger partial charge is 0.493 e. The van der Waals surface area contributed by atoms with Crippen molar-refractivity contribution in [2.24, 2.45) is 5.92 Å². The number of carbonyl (C=O) groups is 2. The molecule has 4 aromatic rings. The van der Waals surface area contributed by atoms with Crippen molar-refractivity contribution >= 4 is 22.7 Å². The molecule has 51 heavy (non-hydrogen) atoms. The molecule has 3 aromatic carbocycles. The third-order valence-electron chi connectivity index (χ3n) is 11.1. The molecule has 6 rings (SSSR count). The van der Waals surface area contributed by atoms with Crippen molar-refractivity contribution in [3.8, 4) is 17.2 Å². The van der Waals surface area contributed by atoms with Crippen molar-refractivity contribution in [2.75, 3.05) is 67.3 Å². The fourth-order valence-corrected chi connectivity index (χ4v) is 7.85. The first kappa shape index (κ1) is 36.4. The molecule has 0 bridgehead atoms. The van der Waals surface area contributed by atoms with Gasteiger partial charge in [0.15, 0.2) is 17.3 Å². The Morgan fingerprint density at radius 2 is 1.61 bits per heavy atom. The Bertz CT molecular complexity index is 1840. The van der Waals surface area contributed by atoms with Crippen LogP contribution in [-0.2, 0) is 16.7 Å². The van der Waals surface area contributed by atoms with Crippen LogP contribution < -0.4 is 14.2 Å². The summed E-state index contributed by atoms with van der Waals surface area (Å²) in [5.74, 6) is 1.96. The molecule has 0 radical (unpaired) electrons. The number of ketones is 1. The smallest absolute Gasteiger partial charge is 0.254 e. The molecule has 0 saturated carbocycles. The zero-order chi connectivity index (χ0) is 36.1. The van der Waals surface area contributed by atoms with Gasteiger partial charge in [-0.2, -0.15) is 0 Å². The van der Waals surface area contributed by atoms with Gasteiger partial charge in [-0.05, 0) is 107 Å². The maximum absolute atomic E-state index is 14.0. The summed E-state index contributed by atoms with van der Waals surface area (Å²) >= 11 is 0. The third kappa shape index (κ3) is 7.48. The van der Waals surface area contributed by atoms with Gasteiger partial charge in [-0.25, -0.2) is 4.98 Å². The number of rotatable bonds is 14. The molecule has 2 fully saturated rings. The monoisotopic (exact) mass is 696 g/mol. The molecule has 3 heterocycles. The molecule has 1 aromatic heterocycles. The quantitative estimate of drug-likeness (QED) is 0.109. The molecule has 1 amide bonds. The number of hydrogen-bond donors (Lipinski definition) is 0. The fourth-order valence-electron chi connectivity index (χ4n) is 7.85. The minimum atomic E-state index is -0.188. The maximum atomic E-state index is 14.0. The summed E-state index contributed by atoms with van der Waals surface area (Å²) in [5.41, 5.74) is 5.95. The molecule has 0 spiro atoms. The van der Waals surface area contributed by atoms with Crippen LogP contribution >= 0.6 is 0 Å². The molecule has 1 unspecified atom stereocenters. The molecule has 1 atom stereocenters. The number of hydrogen-bond acceptors (Lipinski definition) is 8. The van der Waals surface area contributed by atoms with E-state index in [0.29, 0.717) is 61.5 Å². The summed E-state index contributed by atoms with van der Waals surface area (Å²) in [6.07, 6.45) is 3.39. The van der Waals surface area contributed by atoms with Crippen molar-refractivity contribution in [2.45, 2.75) is 58.4 Å². The number of nitrogens with zero attached hydrogens (tertiary/aromatic N) is 4. The minimum absolute atomic E-state index is 0.0495. The molecule has 2 saturated heterocycles. The molecule has 10 nitrogen and oxygen atoms in total. The normalized spacial score (nSPS) is 18.4. The predicted molar refractivity (Wildman–Crippen MR) is 199 cm³/mol. The van der Waals surface area contributed by atoms with E-state index >= 15 is 0 Å². The number of carbonyl (C=O) groups excluding carboxylic acids is 2. The van der Waals surface area contributed by atoms with Gasteiger partial charge in [0.1, 0.15) is 0 Å². The number of amides is 1. The van der Waals surface area contributed by atoms with Crippen LogP contribution in [0.25, 0.3) is 11.0 Å². The van der Waals surface area contributed by atoms with Crippen molar-refractivity contribution in [1.82, 2.24) is 19.4 Å². The van der Waals surface area contributed by atoms with Crippen LogP contribution in [0.1, 0.15) is 70.3 Å². The van der Waals surface area contributed by atoms with Gasteiger partial charge in [-0.15, -0.1) is 0 Å². The van der Waals surface area contributed by atoms with E-state index in [4.69, 9.17) is 23.9 Å². The van der Waals surface area contributed by atoms with Crippen molar-refractivity contribution in [3.63, 3.8) is 0 Å². The summed E-state index contributed by atoms with van der Waals surface area (Å²) in [7, 11) is 4.68. The lowest BCUT2D eigenvalue weighted by atomic mass is 9.75. The van der Waals surface area contributed by atoms with E-state index in [0.717, 1.165) is 56.4 Å². The van der Waals surface area contributed by atoms with Crippen molar-refractivity contribution in [3.05, 3.63) is 82.7 Å². The van der Waals surface area contributed by atoms with E-state index in [2.05, 4.69) is 36.9 Å². The standard InChI is InChI=1S/C41H52N4O6/c1-7-51-23-22-45-34-11-9-8-10-33(34)42-39(45)37(46)30-14-18-43(19-15-30)20-16-41(32-13-12-28(2)29(3)24-32)17-21-44(27-41)40(47)31-25-35(48-4)38(50-6)36(26-31)49-5/h8-13,24-26,30H,7,14-23,27H2,1-6H3. The Labute approximate surface area is 301 Å². The second kappa shape index (κ2) is 15.9. The van der Waals surface area contributed by atoms with E-state index in [1.54, 1.807) is 33.5 Å². The van der Waals surface area contributed by atoms with E-state index in [-0.39, 0.29) is 23.0 Å².